The minimum atomic E-state index is -0.959. The standard InChI is InChI=1S/C31H31N3O5/c1-21-7-3-12-28(22(21)2)38-15-6-13-29(35)34-14-16-39-30-26(10-5-11-27(30)34)25-18-32-33(20-25)19-23-8-4-9-24(17-23)31(36)37/h3-5,7-12,17-18,20H,6,13-16,19H2,1-2H3,(H,36,37). The average molecular weight is 526 g/mol. The molecule has 1 N–H and O–H groups in total. The van der Waals surface area contributed by atoms with Crippen molar-refractivity contribution < 1.29 is 24.2 Å². The molecule has 0 radical (unpaired) electrons. The number of amides is 1. The lowest BCUT2D eigenvalue weighted by Crippen LogP contribution is -2.38. The maximum absolute atomic E-state index is 13.2. The first kappa shape index (κ1) is 26.0. The van der Waals surface area contributed by atoms with Crippen molar-refractivity contribution in [1.82, 2.24) is 9.78 Å². The van der Waals surface area contributed by atoms with Gasteiger partial charge in [-0.25, -0.2) is 4.79 Å². The van der Waals surface area contributed by atoms with Crippen molar-refractivity contribution in [3.05, 3.63) is 95.3 Å². The molecular weight excluding hydrogens is 494 g/mol. The average Bonchev–Trinajstić information content (AvgIpc) is 3.40. The lowest BCUT2D eigenvalue weighted by Gasteiger charge is -2.31. The predicted octanol–water partition coefficient (Wildman–Crippen LogP) is 5.50. The van der Waals surface area contributed by atoms with E-state index in [1.165, 1.54) is 5.56 Å². The molecule has 3 aromatic carbocycles. The molecule has 39 heavy (non-hydrogen) atoms. The molecule has 1 aliphatic rings. The van der Waals surface area contributed by atoms with Gasteiger partial charge in [0.15, 0.2) is 5.75 Å². The summed E-state index contributed by atoms with van der Waals surface area (Å²) in [6.45, 7) is 5.91. The van der Waals surface area contributed by atoms with Crippen LogP contribution in [0.4, 0.5) is 5.69 Å². The fourth-order valence-electron chi connectivity index (χ4n) is 4.73. The molecule has 1 amide bonds. The number of aromatic carboxylic acids is 1. The van der Waals surface area contributed by atoms with Crippen molar-refractivity contribution in [1.29, 1.82) is 0 Å². The number of para-hydroxylation sites is 1. The Kier molecular flexibility index (Phi) is 7.63. The molecule has 0 fully saturated rings. The van der Waals surface area contributed by atoms with Crippen LogP contribution in [0.3, 0.4) is 0 Å². The zero-order valence-corrected chi connectivity index (χ0v) is 22.1. The Balaban J connectivity index is 1.26. The number of fused-ring (bicyclic) bond motifs is 1. The zero-order chi connectivity index (χ0) is 27.4. The summed E-state index contributed by atoms with van der Waals surface area (Å²) in [4.78, 5) is 26.3. The largest absolute Gasteiger partial charge is 0.493 e. The van der Waals surface area contributed by atoms with Crippen molar-refractivity contribution >= 4 is 17.6 Å². The Labute approximate surface area is 227 Å². The van der Waals surface area contributed by atoms with Gasteiger partial charge in [-0.1, -0.05) is 36.4 Å². The molecule has 2 heterocycles. The highest BCUT2D eigenvalue weighted by molar-refractivity contribution is 5.97. The molecule has 0 saturated heterocycles. The lowest BCUT2D eigenvalue weighted by atomic mass is 10.1. The fourth-order valence-corrected chi connectivity index (χ4v) is 4.73. The first-order valence-electron chi connectivity index (χ1n) is 13.0. The molecule has 200 valence electrons. The van der Waals surface area contributed by atoms with Gasteiger partial charge >= 0.3 is 5.97 Å². The Morgan fingerprint density at radius 1 is 1.08 bits per heavy atom. The van der Waals surface area contributed by atoms with Crippen LogP contribution in [0.15, 0.2) is 73.1 Å². The molecule has 0 spiro atoms. The van der Waals surface area contributed by atoms with Gasteiger partial charge in [-0.3, -0.25) is 9.48 Å². The Bertz CT molecular complexity index is 1510. The normalized spacial score (nSPS) is 12.5. The summed E-state index contributed by atoms with van der Waals surface area (Å²) in [5, 5.41) is 13.7. The fraction of sp³-hybridized carbons (Fsp3) is 0.258. The number of anilines is 1. The van der Waals surface area contributed by atoms with Gasteiger partial charge in [0.25, 0.3) is 0 Å². The highest BCUT2D eigenvalue weighted by Crippen LogP contribution is 2.40. The minimum Gasteiger partial charge on any atom is -0.493 e. The zero-order valence-electron chi connectivity index (χ0n) is 22.1. The molecule has 1 aliphatic heterocycles. The van der Waals surface area contributed by atoms with Crippen LogP contribution in [-0.2, 0) is 11.3 Å². The number of carboxylic acids is 1. The maximum atomic E-state index is 13.2. The smallest absolute Gasteiger partial charge is 0.335 e. The van der Waals surface area contributed by atoms with Crippen LogP contribution < -0.4 is 14.4 Å². The molecule has 0 unspecified atom stereocenters. The van der Waals surface area contributed by atoms with E-state index in [-0.39, 0.29) is 11.5 Å². The summed E-state index contributed by atoms with van der Waals surface area (Å²) in [6.07, 6.45) is 4.65. The summed E-state index contributed by atoms with van der Waals surface area (Å²) >= 11 is 0. The van der Waals surface area contributed by atoms with Crippen LogP contribution in [0, 0.1) is 13.8 Å². The second-order valence-electron chi connectivity index (χ2n) is 9.63. The van der Waals surface area contributed by atoms with E-state index in [1.807, 2.05) is 49.5 Å². The van der Waals surface area contributed by atoms with Crippen LogP contribution in [0.25, 0.3) is 11.1 Å². The van der Waals surface area contributed by atoms with E-state index in [2.05, 4.69) is 18.1 Å². The molecular formula is C31H31N3O5. The first-order chi connectivity index (χ1) is 18.9. The van der Waals surface area contributed by atoms with E-state index in [0.29, 0.717) is 44.9 Å². The number of nitrogens with zero attached hydrogens (tertiary/aromatic N) is 3. The van der Waals surface area contributed by atoms with E-state index in [0.717, 1.165) is 33.7 Å². The van der Waals surface area contributed by atoms with Crippen LogP contribution in [-0.4, -0.2) is 46.5 Å². The number of hydrogen-bond donors (Lipinski definition) is 1. The number of aromatic nitrogens is 2. The summed E-state index contributed by atoms with van der Waals surface area (Å²) in [5.74, 6) is 0.601. The Morgan fingerprint density at radius 3 is 2.74 bits per heavy atom. The lowest BCUT2D eigenvalue weighted by molar-refractivity contribution is -0.119. The van der Waals surface area contributed by atoms with Gasteiger partial charge in [-0.2, -0.15) is 5.10 Å². The van der Waals surface area contributed by atoms with Gasteiger partial charge in [0, 0.05) is 23.7 Å². The monoisotopic (exact) mass is 525 g/mol. The van der Waals surface area contributed by atoms with Crippen molar-refractivity contribution in [3.8, 4) is 22.6 Å². The topological polar surface area (TPSA) is 93.9 Å². The maximum Gasteiger partial charge on any atom is 0.335 e. The van der Waals surface area contributed by atoms with Gasteiger partial charge in [-0.05, 0) is 61.2 Å². The van der Waals surface area contributed by atoms with Crippen molar-refractivity contribution in [2.45, 2.75) is 33.2 Å². The highest BCUT2D eigenvalue weighted by atomic mass is 16.5. The predicted molar refractivity (Wildman–Crippen MR) is 149 cm³/mol. The molecule has 0 bridgehead atoms. The molecule has 0 aliphatic carbocycles. The summed E-state index contributed by atoms with van der Waals surface area (Å²) in [6, 6.07) is 18.6. The molecule has 0 saturated carbocycles. The van der Waals surface area contributed by atoms with E-state index in [4.69, 9.17) is 9.47 Å². The van der Waals surface area contributed by atoms with Crippen LogP contribution in [0.2, 0.25) is 0 Å². The van der Waals surface area contributed by atoms with Gasteiger partial charge in [0.05, 0.1) is 37.1 Å². The Morgan fingerprint density at radius 2 is 1.90 bits per heavy atom. The number of benzene rings is 3. The first-order valence-corrected chi connectivity index (χ1v) is 13.0. The van der Waals surface area contributed by atoms with E-state index >= 15 is 0 Å². The molecule has 0 atom stereocenters. The quantitative estimate of drug-likeness (QED) is 0.290. The number of ether oxygens (including phenoxy) is 2. The number of hydrogen-bond acceptors (Lipinski definition) is 5. The third kappa shape index (κ3) is 5.80. The van der Waals surface area contributed by atoms with E-state index in [1.54, 1.807) is 34.0 Å². The molecule has 4 aromatic rings. The number of rotatable bonds is 9. The number of carbonyl (C=O) groups is 2. The second kappa shape index (κ2) is 11.4. The van der Waals surface area contributed by atoms with Gasteiger partial charge in [0.1, 0.15) is 12.4 Å². The summed E-state index contributed by atoms with van der Waals surface area (Å²) < 4.78 is 13.7. The minimum absolute atomic E-state index is 0.0373. The van der Waals surface area contributed by atoms with E-state index < -0.39 is 5.97 Å². The third-order valence-electron chi connectivity index (χ3n) is 6.96. The number of carboxylic acid groups (broad SMARTS) is 1. The van der Waals surface area contributed by atoms with Crippen LogP contribution in [0.5, 0.6) is 11.5 Å². The molecule has 5 rings (SSSR count). The van der Waals surface area contributed by atoms with Crippen LogP contribution >= 0.6 is 0 Å². The molecule has 8 nitrogen and oxygen atoms in total. The van der Waals surface area contributed by atoms with Gasteiger partial charge < -0.3 is 19.5 Å². The SMILES string of the molecule is Cc1cccc(OCCCC(=O)N2CCOc3c(-c4cnn(Cc5cccc(C(=O)O)c5)c4)cccc32)c1C. The van der Waals surface area contributed by atoms with Crippen LogP contribution in [0.1, 0.15) is 39.9 Å². The third-order valence-corrected chi connectivity index (χ3v) is 6.96. The van der Waals surface area contributed by atoms with Crippen molar-refractivity contribution in [2.24, 2.45) is 0 Å². The summed E-state index contributed by atoms with van der Waals surface area (Å²) in [5.41, 5.74) is 5.85. The Hall–Kier alpha value is -4.59. The molecule has 8 heteroatoms. The van der Waals surface area contributed by atoms with Gasteiger partial charge in [0.2, 0.25) is 5.91 Å². The number of carbonyl (C=O) groups excluding carboxylic acids is 1. The van der Waals surface area contributed by atoms with Gasteiger partial charge in [-0.15, -0.1) is 0 Å². The second-order valence-corrected chi connectivity index (χ2v) is 9.63. The van der Waals surface area contributed by atoms with Crippen molar-refractivity contribution in [3.63, 3.8) is 0 Å². The number of aryl methyl sites for hydroxylation is 1. The van der Waals surface area contributed by atoms with Crippen molar-refractivity contribution in [2.75, 3.05) is 24.7 Å². The summed E-state index contributed by atoms with van der Waals surface area (Å²) in [7, 11) is 0. The highest BCUT2D eigenvalue weighted by Gasteiger charge is 2.26. The molecule has 1 aromatic heterocycles. The van der Waals surface area contributed by atoms with E-state index in [9.17, 15) is 14.7 Å².